The SMILES string of the molecule is Cc1ncc(CN2CCc3ncnc(N(C)C)c3C2)s1. The van der Waals surface area contributed by atoms with Crippen molar-refractivity contribution in [3.05, 3.63) is 33.7 Å². The average Bonchev–Trinajstić information content (AvgIpc) is 2.83. The van der Waals surface area contributed by atoms with Crippen LogP contribution in [-0.2, 0) is 19.5 Å². The van der Waals surface area contributed by atoms with Crippen LogP contribution in [0.5, 0.6) is 0 Å². The van der Waals surface area contributed by atoms with E-state index in [2.05, 4.69) is 31.7 Å². The van der Waals surface area contributed by atoms with Crippen LogP contribution in [0.3, 0.4) is 0 Å². The van der Waals surface area contributed by atoms with E-state index in [0.717, 1.165) is 36.9 Å². The molecule has 6 heteroatoms. The largest absolute Gasteiger partial charge is 0.362 e. The van der Waals surface area contributed by atoms with Gasteiger partial charge in [0.15, 0.2) is 0 Å². The summed E-state index contributed by atoms with van der Waals surface area (Å²) < 4.78 is 0. The van der Waals surface area contributed by atoms with Gasteiger partial charge in [0, 0.05) is 56.8 Å². The molecular formula is C14H19N5S. The van der Waals surface area contributed by atoms with E-state index in [1.807, 2.05) is 20.3 Å². The summed E-state index contributed by atoms with van der Waals surface area (Å²) >= 11 is 1.78. The van der Waals surface area contributed by atoms with Crippen LogP contribution in [0.15, 0.2) is 12.5 Å². The molecule has 106 valence electrons. The highest BCUT2D eigenvalue weighted by Crippen LogP contribution is 2.26. The monoisotopic (exact) mass is 289 g/mol. The first-order chi connectivity index (χ1) is 9.63. The fourth-order valence-electron chi connectivity index (χ4n) is 2.60. The van der Waals surface area contributed by atoms with E-state index >= 15 is 0 Å². The van der Waals surface area contributed by atoms with E-state index in [0.29, 0.717) is 0 Å². The Kier molecular flexibility index (Phi) is 3.67. The zero-order chi connectivity index (χ0) is 14.1. The molecule has 1 aliphatic rings. The minimum absolute atomic E-state index is 0.917. The van der Waals surface area contributed by atoms with Gasteiger partial charge in [-0.15, -0.1) is 11.3 Å². The number of aromatic nitrogens is 3. The van der Waals surface area contributed by atoms with Crippen molar-refractivity contribution in [3.8, 4) is 0 Å². The molecule has 0 aliphatic carbocycles. The van der Waals surface area contributed by atoms with Crippen LogP contribution in [0, 0.1) is 6.92 Å². The van der Waals surface area contributed by atoms with E-state index in [1.54, 1.807) is 17.7 Å². The molecule has 0 fully saturated rings. The van der Waals surface area contributed by atoms with Crippen LogP contribution in [0.2, 0.25) is 0 Å². The highest BCUT2D eigenvalue weighted by molar-refractivity contribution is 7.11. The lowest BCUT2D eigenvalue weighted by Gasteiger charge is -2.29. The van der Waals surface area contributed by atoms with Gasteiger partial charge in [0.05, 0.1) is 10.7 Å². The number of fused-ring (bicyclic) bond motifs is 1. The van der Waals surface area contributed by atoms with Crippen LogP contribution >= 0.6 is 11.3 Å². The fraction of sp³-hybridized carbons (Fsp3) is 0.500. The van der Waals surface area contributed by atoms with Gasteiger partial charge in [-0.1, -0.05) is 0 Å². The average molecular weight is 289 g/mol. The Bertz CT molecular complexity index is 607. The molecule has 0 aromatic carbocycles. The highest BCUT2D eigenvalue weighted by Gasteiger charge is 2.22. The van der Waals surface area contributed by atoms with Crippen molar-refractivity contribution in [1.29, 1.82) is 0 Å². The minimum Gasteiger partial charge on any atom is -0.362 e. The van der Waals surface area contributed by atoms with Crippen LogP contribution in [0.1, 0.15) is 21.1 Å². The van der Waals surface area contributed by atoms with Crippen molar-refractivity contribution >= 4 is 17.2 Å². The smallest absolute Gasteiger partial charge is 0.136 e. The maximum atomic E-state index is 4.43. The molecule has 0 atom stereocenters. The summed E-state index contributed by atoms with van der Waals surface area (Å²) in [7, 11) is 4.07. The van der Waals surface area contributed by atoms with Crippen molar-refractivity contribution in [3.63, 3.8) is 0 Å². The second kappa shape index (κ2) is 5.46. The van der Waals surface area contributed by atoms with E-state index in [4.69, 9.17) is 0 Å². The normalized spacial score (nSPS) is 15.2. The van der Waals surface area contributed by atoms with Gasteiger partial charge in [0.1, 0.15) is 12.1 Å². The molecule has 20 heavy (non-hydrogen) atoms. The van der Waals surface area contributed by atoms with E-state index in [-0.39, 0.29) is 0 Å². The number of hydrogen-bond acceptors (Lipinski definition) is 6. The van der Waals surface area contributed by atoms with Crippen LogP contribution < -0.4 is 4.90 Å². The molecule has 0 unspecified atom stereocenters. The van der Waals surface area contributed by atoms with Gasteiger partial charge in [-0.25, -0.2) is 15.0 Å². The molecule has 3 heterocycles. The van der Waals surface area contributed by atoms with Crippen LogP contribution in [0.25, 0.3) is 0 Å². The second-order valence-corrected chi connectivity index (χ2v) is 6.64. The summed E-state index contributed by atoms with van der Waals surface area (Å²) in [4.78, 5) is 19.0. The zero-order valence-corrected chi connectivity index (χ0v) is 12.9. The first kappa shape index (κ1) is 13.5. The summed E-state index contributed by atoms with van der Waals surface area (Å²) in [5.74, 6) is 1.04. The first-order valence-electron chi connectivity index (χ1n) is 6.77. The standard InChI is InChI=1S/C14H19N5S/c1-10-15-6-11(20-10)7-19-5-4-13-12(8-19)14(18(2)3)17-9-16-13/h6,9H,4-5,7-8H2,1-3H3. The van der Waals surface area contributed by atoms with E-state index < -0.39 is 0 Å². The van der Waals surface area contributed by atoms with Crippen molar-refractivity contribution in [1.82, 2.24) is 19.9 Å². The minimum atomic E-state index is 0.917. The van der Waals surface area contributed by atoms with Crippen LogP contribution in [-0.4, -0.2) is 40.5 Å². The molecule has 0 spiro atoms. The molecule has 0 saturated carbocycles. The third kappa shape index (κ3) is 2.66. The Hall–Kier alpha value is -1.53. The first-order valence-corrected chi connectivity index (χ1v) is 7.59. The Morgan fingerprint density at radius 2 is 2.15 bits per heavy atom. The number of thiazole rings is 1. The molecule has 2 aromatic heterocycles. The molecule has 0 radical (unpaired) electrons. The highest BCUT2D eigenvalue weighted by atomic mass is 32.1. The Balaban J connectivity index is 1.80. The van der Waals surface area contributed by atoms with Gasteiger partial charge in [-0.05, 0) is 6.92 Å². The fourth-order valence-corrected chi connectivity index (χ4v) is 3.44. The summed E-state index contributed by atoms with van der Waals surface area (Å²) in [6, 6.07) is 0. The van der Waals surface area contributed by atoms with Crippen LogP contribution in [0.4, 0.5) is 5.82 Å². The molecule has 2 aromatic rings. The second-order valence-electron chi connectivity index (χ2n) is 5.32. The molecule has 0 saturated heterocycles. The van der Waals surface area contributed by atoms with Gasteiger partial charge in [-0.3, -0.25) is 4.90 Å². The van der Waals surface area contributed by atoms with Gasteiger partial charge < -0.3 is 4.90 Å². The number of hydrogen-bond donors (Lipinski definition) is 0. The van der Waals surface area contributed by atoms with Crippen molar-refractivity contribution in [2.45, 2.75) is 26.4 Å². The quantitative estimate of drug-likeness (QED) is 0.863. The Morgan fingerprint density at radius 3 is 2.85 bits per heavy atom. The lowest BCUT2D eigenvalue weighted by molar-refractivity contribution is 0.245. The molecule has 0 N–H and O–H groups in total. The predicted molar refractivity (Wildman–Crippen MR) is 81.0 cm³/mol. The summed E-state index contributed by atoms with van der Waals surface area (Å²) in [6.07, 6.45) is 4.66. The van der Waals surface area contributed by atoms with Gasteiger partial charge in [-0.2, -0.15) is 0 Å². The van der Waals surface area contributed by atoms with Crippen molar-refractivity contribution in [2.24, 2.45) is 0 Å². The molecule has 1 aliphatic heterocycles. The number of aryl methyl sites for hydroxylation is 1. The molecule has 5 nitrogen and oxygen atoms in total. The molecular weight excluding hydrogens is 270 g/mol. The van der Waals surface area contributed by atoms with E-state index in [9.17, 15) is 0 Å². The Morgan fingerprint density at radius 1 is 1.30 bits per heavy atom. The zero-order valence-electron chi connectivity index (χ0n) is 12.1. The maximum absolute atomic E-state index is 4.43. The topological polar surface area (TPSA) is 45.2 Å². The molecule has 0 bridgehead atoms. The van der Waals surface area contributed by atoms with Gasteiger partial charge in [0.2, 0.25) is 0 Å². The van der Waals surface area contributed by atoms with Gasteiger partial charge in [0.25, 0.3) is 0 Å². The molecule has 0 amide bonds. The number of rotatable bonds is 3. The lowest BCUT2D eigenvalue weighted by atomic mass is 10.1. The van der Waals surface area contributed by atoms with E-state index in [1.165, 1.54) is 16.1 Å². The maximum Gasteiger partial charge on any atom is 0.136 e. The molecule has 3 rings (SSSR count). The summed E-state index contributed by atoms with van der Waals surface area (Å²) in [6.45, 7) is 4.98. The third-order valence-electron chi connectivity index (χ3n) is 3.53. The van der Waals surface area contributed by atoms with Crippen molar-refractivity contribution in [2.75, 3.05) is 25.5 Å². The lowest BCUT2D eigenvalue weighted by Crippen LogP contribution is -2.32. The summed E-state index contributed by atoms with van der Waals surface area (Å²) in [5, 5.41) is 1.13. The van der Waals surface area contributed by atoms with Crippen molar-refractivity contribution < 1.29 is 0 Å². The third-order valence-corrected chi connectivity index (χ3v) is 4.43. The number of nitrogens with zero attached hydrogens (tertiary/aromatic N) is 5. The predicted octanol–water partition coefficient (Wildman–Crippen LogP) is 1.87. The summed E-state index contributed by atoms with van der Waals surface area (Å²) in [5.41, 5.74) is 2.46. The van der Waals surface area contributed by atoms with Gasteiger partial charge >= 0.3 is 0 Å². The number of anilines is 1. The Labute approximate surface area is 123 Å².